The summed E-state index contributed by atoms with van der Waals surface area (Å²) < 4.78 is 2.03. The third-order valence-electron chi connectivity index (χ3n) is 2.71. The zero-order chi connectivity index (χ0) is 11.5. The largest absolute Gasteiger partial charge is 0.306 e. The lowest BCUT2D eigenvalue weighted by atomic mass is 10.2. The molecule has 0 aliphatic rings. The molecule has 0 saturated carbocycles. The maximum absolute atomic E-state index is 4.34. The zero-order valence-electron chi connectivity index (χ0n) is 9.32. The van der Waals surface area contributed by atoms with Crippen molar-refractivity contribution < 1.29 is 0 Å². The van der Waals surface area contributed by atoms with Crippen LogP contribution in [-0.2, 0) is 0 Å². The van der Waals surface area contributed by atoms with Gasteiger partial charge in [-0.15, -0.1) is 0 Å². The predicted molar refractivity (Wildman–Crippen MR) is 71.4 cm³/mol. The maximum Gasteiger partial charge on any atom is 0.0999 e. The molecule has 0 atom stereocenters. The molecule has 0 radical (unpaired) electrons. The molecule has 3 aromatic rings. The number of hydrogen-bond acceptors (Lipinski definition) is 1. The molecule has 1 heterocycles. The Balaban J connectivity index is 1.98. The molecular formula is C15H12N2. The quantitative estimate of drug-likeness (QED) is 0.644. The molecule has 0 unspecified atom stereocenters. The second kappa shape index (κ2) is 4.26. The van der Waals surface area contributed by atoms with Gasteiger partial charge in [0.25, 0.3) is 0 Å². The molecule has 0 aliphatic heterocycles. The monoisotopic (exact) mass is 220 g/mol. The molecule has 3 rings (SSSR count). The van der Waals surface area contributed by atoms with Gasteiger partial charge in [0.2, 0.25) is 0 Å². The predicted octanol–water partition coefficient (Wildman–Crippen LogP) is 3.66. The van der Waals surface area contributed by atoms with Crippen molar-refractivity contribution in [1.82, 2.24) is 9.55 Å². The first kappa shape index (κ1) is 9.85. The van der Waals surface area contributed by atoms with Gasteiger partial charge >= 0.3 is 0 Å². The van der Waals surface area contributed by atoms with Crippen molar-refractivity contribution in [2.45, 2.75) is 0 Å². The Bertz CT molecular complexity index is 651. The Morgan fingerprint density at radius 2 is 1.65 bits per heavy atom. The van der Waals surface area contributed by atoms with E-state index in [4.69, 9.17) is 0 Å². The average molecular weight is 220 g/mol. The van der Waals surface area contributed by atoms with E-state index in [1.165, 1.54) is 5.56 Å². The fourth-order valence-electron chi connectivity index (χ4n) is 1.83. The van der Waals surface area contributed by atoms with Gasteiger partial charge in [-0.1, -0.05) is 42.5 Å². The molecule has 0 bridgehead atoms. The van der Waals surface area contributed by atoms with Crippen LogP contribution < -0.4 is 0 Å². The topological polar surface area (TPSA) is 17.8 Å². The lowest BCUT2D eigenvalue weighted by molar-refractivity contribution is 1.18. The number of benzene rings is 2. The smallest absolute Gasteiger partial charge is 0.0999 e. The van der Waals surface area contributed by atoms with Gasteiger partial charge in [-0.05, 0) is 23.8 Å². The second-order valence-electron chi connectivity index (χ2n) is 3.87. The van der Waals surface area contributed by atoms with Crippen molar-refractivity contribution in [2.75, 3.05) is 0 Å². The SMILES string of the molecule is C(=C\n1cnc2ccccc21)/c1ccccc1. The Morgan fingerprint density at radius 1 is 0.882 bits per heavy atom. The minimum atomic E-state index is 1.02. The van der Waals surface area contributed by atoms with Crippen LogP contribution in [0.15, 0.2) is 60.9 Å². The minimum absolute atomic E-state index is 1.02. The number of fused-ring (bicyclic) bond motifs is 1. The van der Waals surface area contributed by atoms with Crippen LogP contribution in [0.5, 0.6) is 0 Å². The summed E-state index contributed by atoms with van der Waals surface area (Å²) >= 11 is 0. The molecular weight excluding hydrogens is 208 g/mol. The summed E-state index contributed by atoms with van der Waals surface area (Å²) in [5.41, 5.74) is 3.33. The van der Waals surface area contributed by atoms with Gasteiger partial charge < -0.3 is 4.57 Å². The van der Waals surface area contributed by atoms with E-state index in [1.807, 2.05) is 53.5 Å². The molecule has 2 heteroatoms. The molecule has 0 saturated heterocycles. The summed E-state index contributed by atoms with van der Waals surface area (Å²) in [6.07, 6.45) is 5.95. The van der Waals surface area contributed by atoms with Crippen molar-refractivity contribution in [3.8, 4) is 0 Å². The highest BCUT2D eigenvalue weighted by molar-refractivity contribution is 5.78. The molecule has 2 aromatic carbocycles. The van der Waals surface area contributed by atoms with Crippen LogP contribution in [0.25, 0.3) is 23.3 Å². The molecule has 2 nitrogen and oxygen atoms in total. The standard InChI is InChI=1S/C15H12N2/c1-2-6-13(7-3-1)10-11-17-12-16-14-8-4-5-9-15(14)17/h1-12H/b11-10+. The summed E-state index contributed by atoms with van der Waals surface area (Å²) in [5, 5.41) is 0. The number of imidazole rings is 1. The van der Waals surface area contributed by atoms with Gasteiger partial charge in [0, 0.05) is 6.20 Å². The Hall–Kier alpha value is -2.35. The Kier molecular flexibility index (Phi) is 2.47. The highest BCUT2D eigenvalue weighted by atomic mass is 15.0. The maximum atomic E-state index is 4.34. The fourth-order valence-corrected chi connectivity index (χ4v) is 1.83. The summed E-state index contributed by atoms with van der Waals surface area (Å²) in [5.74, 6) is 0. The van der Waals surface area contributed by atoms with Gasteiger partial charge in [0.15, 0.2) is 0 Å². The van der Waals surface area contributed by atoms with E-state index in [0.717, 1.165) is 11.0 Å². The zero-order valence-corrected chi connectivity index (χ0v) is 9.32. The summed E-state index contributed by atoms with van der Waals surface area (Å²) in [7, 11) is 0. The van der Waals surface area contributed by atoms with Crippen LogP contribution >= 0.6 is 0 Å². The van der Waals surface area contributed by atoms with Crippen LogP contribution in [0.3, 0.4) is 0 Å². The number of para-hydroxylation sites is 2. The third-order valence-corrected chi connectivity index (χ3v) is 2.71. The summed E-state index contributed by atoms with van der Waals surface area (Å²) in [6.45, 7) is 0. The number of rotatable bonds is 2. The van der Waals surface area contributed by atoms with Crippen LogP contribution in [0.4, 0.5) is 0 Å². The van der Waals surface area contributed by atoms with Gasteiger partial charge in [0.1, 0.15) is 0 Å². The summed E-state index contributed by atoms with van der Waals surface area (Å²) in [4.78, 5) is 4.34. The lowest BCUT2D eigenvalue weighted by Gasteiger charge is -1.96. The highest BCUT2D eigenvalue weighted by Gasteiger charge is 1.97. The van der Waals surface area contributed by atoms with E-state index in [1.54, 1.807) is 0 Å². The molecule has 17 heavy (non-hydrogen) atoms. The Labute approximate surface area is 99.8 Å². The Morgan fingerprint density at radius 3 is 2.53 bits per heavy atom. The van der Waals surface area contributed by atoms with Crippen LogP contribution in [0.1, 0.15) is 5.56 Å². The molecule has 0 spiro atoms. The van der Waals surface area contributed by atoms with Crippen molar-refractivity contribution in [3.63, 3.8) is 0 Å². The minimum Gasteiger partial charge on any atom is -0.306 e. The second-order valence-corrected chi connectivity index (χ2v) is 3.87. The van der Waals surface area contributed by atoms with Crippen molar-refractivity contribution in [3.05, 3.63) is 66.5 Å². The van der Waals surface area contributed by atoms with Crippen LogP contribution in [-0.4, -0.2) is 9.55 Å². The molecule has 0 N–H and O–H groups in total. The highest BCUT2D eigenvalue weighted by Crippen LogP contribution is 2.13. The van der Waals surface area contributed by atoms with E-state index in [9.17, 15) is 0 Å². The normalized spacial score (nSPS) is 11.3. The van der Waals surface area contributed by atoms with E-state index in [2.05, 4.69) is 29.3 Å². The van der Waals surface area contributed by atoms with E-state index in [0.29, 0.717) is 0 Å². The van der Waals surface area contributed by atoms with E-state index < -0.39 is 0 Å². The van der Waals surface area contributed by atoms with Crippen molar-refractivity contribution >= 4 is 23.3 Å². The van der Waals surface area contributed by atoms with Crippen molar-refractivity contribution in [2.24, 2.45) is 0 Å². The first-order chi connectivity index (χ1) is 8.43. The first-order valence-corrected chi connectivity index (χ1v) is 5.58. The molecule has 82 valence electrons. The van der Waals surface area contributed by atoms with Crippen LogP contribution in [0.2, 0.25) is 0 Å². The van der Waals surface area contributed by atoms with Crippen LogP contribution in [0, 0.1) is 0 Å². The van der Waals surface area contributed by atoms with Gasteiger partial charge in [-0.3, -0.25) is 0 Å². The number of nitrogens with zero attached hydrogens (tertiary/aromatic N) is 2. The van der Waals surface area contributed by atoms with E-state index in [-0.39, 0.29) is 0 Å². The third kappa shape index (κ3) is 1.97. The fraction of sp³-hybridized carbons (Fsp3) is 0. The van der Waals surface area contributed by atoms with Gasteiger partial charge in [-0.2, -0.15) is 0 Å². The van der Waals surface area contributed by atoms with E-state index >= 15 is 0 Å². The first-order valence-electron chi connectivity index (χ1n) is 5.58. The molecule has 0 aliphatic carbocycles. The van der Waals surface area contributed by atoms with Gasteiger partial charge in [0.05, 0.1) is 17.4 Å². The lowest BCUT2D eigenvalue weighted by Crippen LogP contribution is -1.82. The summed E-state index contributed by atoms with van der Waals surface area (Å²) in [6, 6.07) is 18.4. The van der Waals surface area contributed by atoms with Crippen molar-refractivity contribution in [1.29, 1.82) is 0 Å². The van der Waals surface area contributed by atoms with Gasteiger partial charge in [-0.25, -0.2) is 4.98 Å². The number of aromatic nitrogens is 2. The molecule has 1 aromatic heterocycles. The number of hydrogen-bond donors (Lipinski definition) is 0. The molecule has 0 fully saturated rings. The molecule has 0 amide bonds. The average Bonchev–Trinajstić information content (AvgIpc) is 2.81.